The predicted molar refractivity (Wildman–Crippen MR) is 88.0 cm³/mol. The van der Waals surface area contributed by atoms with Crippen LogP contribution in [-0.4, -0.2) is 20.2 Å². The third-order valence-electron chi connectivity index (χ3n) is 3.08. The number of hydrogen-bond acceptors (Lipinski definition) is 5. The monoisotopic (exact) mass is 322 g/mol. The average molecular weight is 323 g/mol. The molecule has 6 nitrogen and oxygen atoms in total. The molecule has 0 aliphatic carbocycles. The Labute approximate surface area is 137 Å². The van der Waals surface area contributed by atoms with Crippen molar-refractivity contribution in [1.29, 1.82) is 5.26 Å². The molecule has 2 aromatic carbocycles. The number of tetrazole rings is 1. The standard InChI is InChI=1S/C16H11ClN6/c17-13-5-7-14(8-6-13)23-16(20-21-22-23)9-10-19-15-4-2-1-3-12(15)11-18/h1-10,19H/b10-9-. The second-order valence-electron chi connectivity index (χ2n) is 4.56. The zero-order chi connectivity index (χ0) is 16.1. The van der Waals surface area contributed by atoms with Crippen LogP contribution in [0.2, 0.25) is 5.02 Å². The van der Waals surface area contributed by atoms with Gasteiger partial charge in [0.15, 0.2) is 5.82 Å². The number of hydrogen-bond donors (Lipinski definition) is 1. The highest BCUT2D eigenvalue weighted by molar-refractivity contribution is 6.30. The van der Waals surface area contributed by atoms with Crippen molar-refractivity contribution in [3.63, 3.8) is 0 Å². The molecular weight excluding hydrogens is 312 g/mol. The maximum absolute atomic E-state index is 9.06. The summed E-state index contributed by atoms with van der Waals surface area (Å²) in [5.41, 5.74) is 2.09. The highest BCUT2D eigenvalue weighted by Crippen LogP contribution is 2.15. The summed E-state index contributed by atoms with van der Waals surface area (Å²) in [5.74, 6) is 0.550. The minimum Gasteiger partial charge on any atom is -0.360 e. The van der Waals surface area contributed by atoms with E-state index in [2.05, 4.69) is 26.9 Å². The Bertz CT molecular complexity index is 876. The Morgan fingerprint density at radius 3 is 2.70 bits per heavy atom. The lowest BCUT2D eigenvalue weighted by molar-refractivity contribution is 0.787. The summed E-state index contributed by atoms with van der Waals surface area (Å²) >= 11 is 5.88. The number of aromatic nitrogens is 4. The van der Waals surface area contributed by atoms with Crippen LogP contribution in [-0.2, 0) is 0 Å². The number of halogens is 1. The Kier molecular flexibility index (Phi) is 4.32. The van der Waals surface area contributed by atoms with Crippen molar-refractivity contribution in [2.75, 3.05) is 5.32 Å². The van der Waals surface area contributed by atoms with Gasteiger partial charge in [0.25, 0.3) is 0 Å². The van der Waals surface area contributed by atoms with E-state index in [1.54, 1.807) is 35.2 Å². The zero-order valence-corrected chi connectivity index (χ0v) is 12.6. The molecule has 1 N–H and O–H groups in total. The molecule has 0 aliphatic heterocycles. The fourth-order valence-corrected chi connectivity index (χ4v) is 2.10. The van der Waals surface area contributed by atoms with Crippen LogP contribution in [0.25, 0.3) is 11.8 Å². The van der Waals surface area contributed by atoms with E-state index in [1.165, 1.54) is 0 Å². The van der Waals surface area contributed by atoms with Gasteiger partial charge in [0.05, 0.1) is 16.9 Å². The Hall–Kier alpha value is -3.17. The lowest BCUT2D eigenvalue weighted by atomic mass is 10.2. The Morgan fingerprint density at radius 1 is 1.13 bits per heavy atom. The first-order valence-electron chi connectivity index (χ1n) is 6.74. The van der Waals surface area contributed by atoms with Gasteiger partial charge in [-0.25, -0.2) is 0 Å². The second kappa shape index (κ2) is 6.73. The highest BCUT2D eigenvalue weighted by Gasteiger charge is 2.05. The first-order chi connectivity index (χ1) is 11.3. The summed E-state index contributed by atoms with van der Waals surface area (Å²) in [6.07, 6.45) is 3.41. The first kappa shape index (κ1) is 14.8. The van der Waals surface area contributed by atoms with Crippen LogP contribution in [0.4, 0.5) is 5.69 Å². The number of anilines is 1. The number of para-hydroxylation sites is 1. The second-order valence-corrected chi connectivity index (χ2v) is 5.00. The quantitative estimate of drug-likeness (QED) is 0.797. The van der Waals surface area contributed by atoms with Crippen molar-refractivity contribution in [3.8, 4) is 11.8 Å². The molecule has 0 saturated carbocycles. The summed E-state index contributed by atoms with van der Waals surface area (Å²) < 4.78 is 1.59. The molecule has 1 aromatic heterocycles. The summed E-state index contributed by atoms with van der Waals surface area (Å²) in [4.78, 5) is 0. The molecule has 0 spiro atoms. The minimum absolute atomic E-state index is 0.550. The number of rotatable bonds is 4. The molecular formula is C16H11ClN6. The molecule has 3 rings (SSSR count). The summed E-state index contributed by atoms with van der Waals surface area (Å²) in [6.45, 7) is 0. The molecule has 112 valence electrons. The molecule has 0 amide bonds. The number of benzene rings is 2. The molecule has 0 unspecified atom stereocenters. The smallest absolute Gasteiger partial charge is 0.181 e. The third-order valence-corrected chi connectivity index (χ3v) is 3.34. The van der Waals surface area contributed by atoms with Crippen molar-refractivity contribution in [1.82, 2.24) is 20.2 Å². The van der Waals surface area contributed by atoms with Gasteiger partial charge in [-0.05, 0) is 46.8 Å². The van der Waals surface area contributed by atoms with Crippen LogP contribution in [0.3, 0.4) is 0 Å². The van der Waals surface area contributed by atoms with Crippen LogP contribution >= 0.6 is 11.6 Å². The molecule has 0 aliphatic rings. The Morgan fingerprint density at radius 2 is 1.91 bits per heavy atom. The normalized spacial score (nSPS) is 10.6. The van der Waals surface area contributed by atoms with E-state index >= 15 is 0 Å². The topological polar surface area (TPSA) is 79.4 Å². The summed E-state index contributed by atoms with van der Waals surface area (Å²) in [6, 6.07) is 16.6. The minimum atomic E-state index is 0.550. The van der Waals surface area contributed by atoms with E-state index in [0.29, 0.717) is 16.4 Å². The van der Waals surface area contributed by atoms with Crippen LogP contribution in [0.15, 0.2) is 54.7 Å². The van der Waals surface area contributed by atoms with E-state index in [-0.39, 0.29) is 0 Å². The van der Waals surface area contributed by atoms with Crippen LogP contribution in [0, 0.1) is 11.3 Å². The molecule has 0 fully saturated rings. The van der Waals surface area contributed by atoms with E-state index in [4.69, 9.17) is 16.9 Å². The van der Waals surface area contributed by atoms with Gasteiger partial charge in [0.2, 0.25) is 0 Å². The predicted octanol–water partition coefficient (Wildman–Crippen LogP) is 3.27. The van der Waals surface area contributed by atoms with Crippen LogP contribution in [0.5, 0.6) is 0 Å². The van der Waals surface area contributed by atoms with Crippen molar-refractivity contribution in [2.24, 2.45) is 0 Å². The van der Waals surface area contributed by atoms with Crippen molar-refractivity contribution in [2.45, 2.75) is 0 Å². The fraction of sp³-hybridized carbons (Fsp3) is 0. The SMILES string of the molecule is N#Cc1ccccc1N/C=C\c1nnnn1-c1ccc(Cl)cc1. The number of nitriles is 1. The van der Waals surface area contributed by atoms with Gasteiger partial charge in [0.1, 0.15) is 6.07 Å². The van der Waals surface area contributed by atoms with Gasteiger partial charge in [0, 0.05) is 17.3 Å². The molecule has 3 aromatic rings. The maximum atomic E-state index is 9.06. The molecule has 0 radical (unpaired) electrons. The van der Waals surface area contributed by atoms with Gasteiger partial charge in [-0.15, -0.1) is 5.10 Å². The number of nitrogens with zero attached hydrogens (tertiary/aromatic N) is 5. The lowest BCUT2D eigenvalue weighted by Crippen LogP contribution is -2.00. The van der Waals surface area contributed by atoms with Gasteiger partial charge in [-0.2, -0.15) is 9.94 Å². The van der Waals surface area contributed by atoms with Crippen molar-refractivity contribution >= 4 is 23.4 Å². The van der Waals surface area contributed by atoms with Gasteiger partial charge in [-0.1, -0.05) is 23.7 Å². The third kappa shape index (κ3) is 3.36. The number of nitrogens with one attached hydrogen (secondary N) is 1. The van der Waals surface area contributed by atoms with E-state index in [0.717, 1.165) is 11.4 Å². The van der Waals surface area contributed by atoms with E-state index < -0.39 is 0 Å². The first-order valence-corrected chi connectivity index (χ1v) is 7.12. The van der Waals surface area contributed by atoms with Gasteiger partial charge < -0.3 is 5.32 Å². The lowest BCUT2D eigenvalue weighted by Gasteiger charge is -2.03. The fourth-order valence-electron chi connectivity index (χ4n) is 1.98. The maximum Gasteiger partial charge on any atom is 0.181 e. The summed E-state index contributed by atoms with van der Waals surface area (Å²) in [5, 5.41) is 24.4. The molecule has 0 atom stereocenters. The van der Waals surface area contributed by atoms with Gasteiger partial charge in [-0.3, -0.25) is 0 Å². The molecule has 1 heterocycles. The molecule has 0 saturated heterocycles. The Balaban J connectivity index is 1.80. The zero-order valence-electron chi connectivity index (χ0n) is 11.9. The van der Waals surface area contributed by atoms with Gasteiger partial charge >= 0.3 is 0 Å². The molecule has 0 bridgehead atoms. The largest absolute Gasteiger partial charge is 0.360 e. The molecule has 7 heteroatoms. The van der Waals surface area contributed by atoms with Crippen LogP contribution in [0.1, 0.15) is 11.4 Å². The molecule has 23 heavy (non-hydrogen) atoms. The van der Waals surface area contributed by atoms with Crippen molar-refractivity contribution < 1.29 is 0 Å². The van der Waals surface area contributed by atoms with Crippen LogP contribution < -0.4 is 5.32 Å². The van der Waals surface area contributed by atoms with E-state index in [1.807, 2.05) is 30.3 Å². The highest BCUT2D eigenvalue weighted by atomic mass is 35.5. The average Bonchev–Trinajstić information content (AvgIpc) is 3.04. The van der Waals surface area contributed by atoms with Crippen molar-refractivity contribution in [3.05, 3.63) is 71.1 Å². The summed E-state index contributed by atoms with van der Waals surface area (Å²) in [7, 11) is 0. The van der Waals surface area contributed by atoms with E-state index in [9.17, 15) is 0 Å².